The van der Waals surface area contributed by atoms with Crippen molar-refractivity contribution in [1.82, 2.24) is 28.7 Å². The van der Waals surface area contributed by atoms with Crippen molar-refractivity contribution in [3.8, 4) is 22.3 Å². The minimum atomic E-state index is -5.55. The van der Waals surface area contributed by atoms with Crippen molar-refractivity contribution in [2.24, 2.45) is 0 Å². The quantitative estimate of drug-likeness (QED) is 0.0428. The number of halogens is 10. The van der Waals surface area contributed by atoms with Gasteiger partial charge in [0, 0.05) is 139 Å². The molecular weight excluding hydrogens is 1420 g/mol. The highest BCUT2D eigenvalue weighted by Crippen LogP contribution is 2.37. The van der Waals surface area contributed by atoms with E-state index in [9.17, 15) is 72.4 Å². The van der Waals surface area contributed by atoms with Crippen molar-refractivity contribution >= 4 is 57.1 Å². The first kappa shape index (κ1) is 41.3. The third-order valence-corrected chi connectivity index (χ3v) is 17.2. The van der Waals surface area contributed by atoms with Crippen LogP contribution in [0.3, 0.4) is 0 Å². The number of piperidine rings is 2. The lowest BCUT2D eigenvalue weighted by Crippen LogP contribution is -2.49. The lowest BCUT2D eigenvalue weighted by atomic mass is 9.96. The Morgan fingerprint density at radius 2 is 1.16 bits per heavy atom. The number of para-hydroxylation sites is 2. The summed E-state index contributed by atoms with van der Waals surface area (Å²) < 4.78 is 513. The Hall–Kier alpha value is -9.04. The van der Waals surface area contributed by atoms with Crippen LogP contribution in [0.15, 0.2) is 207 Å². The van der Waals surface area contributed by atoms with Gasteiger partial charge in [-0.2, -0.15) is 26.3 Å². The van der Waals surface area contributed by atoms with E-state index in [4.69, 9.17) is 41.0 Å². The summed E-state index contributed by atoms with van der Waals surface area (Å²) in [7, 11) is 2.14. The monoisotopic (exact) mass is 1540 g/mol. The lowest BCUT2D eigenvalue weighted by molar-refractivity contribution is -0.138. The van der Waals surface area contributed by atoms with E-state index < -0.39 is 346 Å². The molecule has 12 rings (SSSR count). The number of rotatable bonds is 24. The minimum absolute atomic E-state index is 0.142. The van der Waals surface area contributed by atoms with E-state index >= 15 is 14.0 Å². The van der Waals surface area contributed by atoms with Gasteiger partial charge in [-0.3, -0.25) is 19.2 Å². The standard InChI is InChI=1S/2C41H40F5N3O3S/c1-27(28-10-12-29(13-11-28)30-14-16-32(17-15-30)41(44,45)46)49(33-18-20-47(21-19-33)22-23-52-2)38(51)25-48-36-9-4-3-7-34(36)37(50)24-39(48)53-26-31-6-5-8-35(42)40(31)43;1-27-22-29(28-12-14-32(15-13-28)41(44,45)46)10-11-30(27)24-48(33-16-18-47(19-17-33)20-21-52-2)38(51)25-49-36-9-4-3-7-34(36)37(50)23-39(49)53-26-31-6-5-8-35(42)40(31)43/h3-17,24,27,33H,18-23,25-26H2,1-2H3;3-15,22-23,33H,16-21,24-26H2,1-2H3/i18D2,19D2,20D2,21D2,25D2,27D,33D;3D,4D,5D,6D,7D,8D,9D,10D,11D,12D,13D,14D,15D,16D2,17D2,18D2,19D2,22D,23D,24D2,25D2,33D. The van der Waals surface area contributed by atoms with Gasteiger partial charge in [0.05, 0.1) is 84.3 Å². The van der Waals surface area contributed by atoms with Gasteiger partial charge in [0.1, 0.15) is 13.0 Å². The van der Waals surface area contributed by atoms with Crippen LogP contribution >= 0.6 is 23.5 Å². The van der Waals surface area contributed by atoms with Crippen LogP contribution < -0.4 is 10.9 Å². The van der Waals surface area contributed by atoms with Gasteiger partial charge in [0.2, 0.25) is 11.8 Å². The third-order valence-electron chi connectivity index (χ3n) is 15.1. The van der Waals surface area contributed by atoms with Gasteiger partial charge in [0.25, 0.3) is 0 Å². The van der Waals surface area contributed by atoms with E-state index in [1.165, 1.54) is 48.5 Å². The van der Waals surface area contributed by atoms with Gasteiger partial charge < -0.3 is 38.2 Å². The minimum Gasteiger partial charge on any atom is -0.383 e. The number of ether oxygens (including phenoxy) is 2. The first-order valence-electron chi connectivity index (χ1n) is 50.8. The van der Waals surface area contributed by atoms with Crippen molar-refractivity contribution < 1.29 is 118 Å². The zero-order valence-corrected chi connectivity index (χ0v) is 56.8. The molecule has 12 nitrogen and oxygen atoms in total. The maximum Gasteiger partial charge on any atom is 0.416 e. The molecule has 0 spiro atoms. The molecule has 24 heteroatoms. The molecule has 0 radical (unpaired) electrons. The molecule has 2 aliphatic rings. The molecule has 0 N–H and O–H groups in total. The summed E-state index contributed by atoms with van der Waals surface area (Å²) in [6.45, 7) is -30.9. The number of fused-ring (bicyclic) bond motifs is 2. The van der Waals surface area contributed by atoms with Gasteiger partial charge in [-0.05, 0) is 139 Å². The summed E-state index contributed by atoms with van der Waals surface area (Å²) in [4.78, 5) is 57.8. The van der Waals surface area contributed by atoms with Crippen molar-refractivity contribution in [1.29, 1.82) is 0 Å². The van der Waals surface area contributed by atoms with E-state index in [2.05, 4.69) is 0 Å². The Labute approximate surface area is 672 Å². The molecule has 2 aromatic heterocycles. The number of hydrogen-bond donors (Lipinski definition) is 0. The number of likely N-dealkylation sites (tertiary alicyclic amines) is 2. The maximum absolute atomic E-state index is 16.0. The fraction of sp³-hybridized carbons (Fsp3) is 0.317. The Bertz CT molecular complexity index is 6930. The normalized spacial score (nSPS) is 25.0. The van der Waals surface area contributed by atoms with E-state index in [1.807, 2.05) is 0 Å². The molecule has 10 aromatic rings. The Kier molecular flexibility index (Phi) is 13.7. The predicted octanol–water partition coefficient (Wildman–Crippen LogP) is 17.7. The molecule has 8 aromatic carbocycles. The van der Waals surface area contributed by atoms with Crippen LogP contribution in [0.1, 0.15) is 132 Å². The number of amides is 2. The number of aromatic nitrogens is 2. The first-order valence-corrected chi connectivity index (χ1v) is 32.8. The maximum atomic E-state index is 16.0. The number of thioether (sulfide) groups is 2. The van der Waals surface area contributed by atoms with Crippen LogP contribution in [-0.2, 0) is 62.4 Å². The van der Waals surface area contributed by atoms with Gasteiger partial charge in [-0.25, -0.2) is 17.6 Å². The molecule has 1 atom stereocenters. The van der Waals surface area contributed by atoms with Crippen molar-refractivity contribution in [3.63, 3.8) is 0 Å². The summed E-state index contributed by atoms with van der Waals surface area (Å²) in [6.07, 6.45) is -27.8. The number of methoxy groups -OCH3 is 2. The van der Waals surface area contributed by atoms with E-state index in [0.717, 1.165) is 69.7 Å². The molecule has 2 amide bonds. The number of carbonyl (C=O) groups is 2. The largest absolute Gasteiger partial charge is 0.416 e. The molecule has 0 bridgehead atoms. The number of nitrogens with zero attached hydrogens (tertiary/aromatic N) is 6. The summed E-state index contributed by atoms with van der Waals surface area (Å²) in [5, 5.41) is -3.45. The first-order chi connectivity index (χ1) is 66.6. The van der Waals surface area contributed by atoms with Crippen LogP contribution in [0.5, 0.6) is 0 Å². The molecule has 2 saturated heterocycles. The van der Waals surface area contributed by atoms with Crippen LogP contribution in [0.2, 0.25) is 0 Å². The van der Waals surface area contributed by atoms with Gasteiger partial charge in [-0.15, -0.1) is 23.5 Å². The van der Waals surface area contributed by atoms with Crippen LogP contribution in [0.25, 0.3) is 44.1 Å². The molecule has 1 unspecified atom stereocenters. The zero-order chi connectivity index (χ0) is 111. The molecule has 0 aliphatic carbocycles. The highest BCUT2D eigenvalue weighted by Gasteiger charge is 2.35. The second kappa shape index (κ2) is 35.1. The van der Waals surface area contributed by atoms with Crippen molar-refractivity contribution in [2.45, 2.75) is 111 Å². The lowest BCUT2D eigenvalue weighted by Gasteiger charge is -2.42. The second-order valence-corrected chi connectivity index (χ2v) is 24.0. The zero-order valence-electron chi connectivity index (χ0n) is 95.2. The molecule has 4 heterocycles. The highest BCUT2D eigenvalue weighted by molar-refractivity contribution is 7.98. The Morgan fingerprint density at radius 1 is 0.585 bits per heavy atom. The summed E-state index contributed by atoms with van der Waals surface area (Å²) in [6, 6.07) is -17.0. The van der Waals surface area contributed by atoms with E-state index in [1.54, 1.807) is 0 Å². The molecule has 106 heavy (non-hydrogen) atoms. The van der Waals surface area contributed by atoms with Crippen molar-refractivity contribution in [2.75, 3.05) is 66.5 Å². The third kappa shape index (κ3) is 19.0. The highest BCUT2D eigenvalue weighted by atomic mass is 32.2. The number of alkyl halides is 6. The van der Waals surface area contributed by atoms with Crippen molar-refractivity contribution in [3.05, 3.63) is 270 Å². The SMILES string of the molecule is [2H]C(C)(c1ccc(-c2ccc(C(F)(F)F)cc2)cc1)N(C(=O)C([2H])([2H])n1c(SCc2cccc(F)c2F)cc(=O)c2ccccc21)C1([2H])C([2H])([2H])C([2H])([2H])N(CCOC)C([2H])([2H])C1([2H])[2H].[2H]c1c([2H])c(F)c(F)c(CSc2c([2H])c(=O)c3c([2H])c([2H])c([2H])c([2H])c3n2C([2H])([2H])C(=O)N(C([2H])([2H])c2c([2H])c([2H])c(-c3c([2H])c([2H])c(C(F)(F)F)c([2H])c3[2H])c([2H])c2C)C2([2H])C([2H])([2H])C([2H])([2H])N(CCOC)C([2H])([2H])C2([2H])[2H])c1[2H]. The van der Waals surface area contributed by atoms with Gasteiger partial charge >= 0.3 is 12.4 Å². The summed E-state index contributed by atoms with van der Waals surface area (Å²) in [5.41, 5.74) is -14.2. The molecule has 556 valence electrons. The van der Waals surface area contributed by atoms with Crippen LogP contribution in [-0.4, -0.2) is 119 Å². The summed E-state index contributed by atoms with van der Waals surface area (Å²) >= 11 is 0.320. The van der Waals surface area contributed by atoms with Gasteiger partial charge in [0.15, 0.2) is 34.1 Å². The number of hydrogen-bond acceptors (Lipinski definition) is 10. The van der Waals surface area contributed by atoms with Crippen LogP contribution in [0.4, 0.5) is 43.9 Å². The molecule has 0 saturated carbocycles. The average Bonchev–Trinajstić information content (AvgIpc) is 0.658. The molecule has 2 aliphatic heterocycles. The predicted molar refractivity (Wildman–Crippen MR) is 395 cm³/mol. The number of carbonyl (C=O) groups excluding carboxylic acids is 2. The molecule has 2 fully saturated rings. The smallest absolute Gasteiger partial charge is 0.383 e. The van der Waals surface area contributed by atoms with E-state index in [0.29, 0.717) is 23.3 Å². The Morgan fingerprint density at radius 3 is 1.81 bits per heavy atom. The van der Waals surface area contributed by atoms with Crippen LogP contribution in [0, 0.1) is 30.2 Å². The number of pyridine rings is 2. The summed E-state index contributed by atoms with van der Waals surface area (Å²) in [5.74, 6) is -13.4. The Balaban J connectivity index is 0.000000284. The topological polar surface area (TPSA) is 110 Å². The molecular formula is C82H80F10N6O6S2. The fourth-order valence-corrected chi connectivity index (χ4v) is 11.6. The van der Waals surface area contributed by atoms with E-state index in [-0.39, 0.29) is 58.6 Å². The fourth-order valence-electron chi connectivity index (χ4n) is 9.74. The average molecular weight is 1540 g/mol. The second-order valence-electron chi connectivity index (χ2n) is 22.1. The van der Waals surface area contributed by atoms with Gasteiger partial charge in [-0.1, -0.05) is 115 Å². The number of benzene rings is 8.